The normalized spacial score (nSPS) is 10.5. The minimum atomic E-state index is -1.45. The molecule has 2 aromatic carbocycles. The van der Waals surface area contributed by atoms with Crippen molar-refractivity contribution in [1.29, 1.82) is 0 Å². The van der Waals surface area contributed by atoms with Crippen molar-refractivity contribution in [2.24, 2.45) is 0 Å². The van der Waals surface area contributed by atoms with Crippen LogP contribution in [0.25, 0.3) is 21.8 Å². The van der Waals surface area contributed by atoms with Crippen molar-refractivity contribution >= 4 is 65.4 Å². The summed E-state index contributed by atoms with van der Waals surface area (Å²) >= 11 is 6.68. The van der Waals surface area contributed by atoms with Crippen molar-refractivity contribution in [3.05, 3.63) is 69.4 Å². The fourth-order valence-electron chi connectivity index (χ4n) is 2.42. The number of aromatic nitrogens is 2. The second-order valence-electron chi connectivity index (χ2n) is 5.24. The molecule has 0 amide bonds. The van der Waals surface area contributed by atoms with Crippen LogP contribution < -0.4 is 0 Å². The lowest BCUT2D eigenvalue weighted by Crippen LogP contribution is -2.11. The Morgan fingerprint density at radius 3 is 2.28 bits per heavy atom. The second-order valence-corrected chi connectivity index (χ2v) is 7.07. The summed E-state index contributed by atoms with van der Waals surface area (Å²) in [7, 11) is 0. The van der Waals surface area contributed by atoms with Gasteiger partial charge in [-0.05, 0) is 35.7 Å². The van der Waals surface area contributed by atoms with E-state index in [1.54, 1.807) is 18.2 Å². The number of carboxylic acid groups (broad SMARTS) is 1. The Hall–Kier alpha value is -2.38. The third kappa shape index (κ3) is 3.83. The highest BCUT2D eigenvalue weighted by Crippen LogP contribution is 2.22. The zero-order valence-corrected chi connectivity index (χ0v) is 15.9. The number of aromatic amines is 2. The third-order valence-electron chi connectivity index (χ3n) is 3.60. The lowest BCUT2D eigenvalue weighted by Gasteiger charge is -1.94. The van der Waals surface area contributed by atoms with E-state index in [4.69, 9.17) is 5.11 Å². The number of carbonyl (C=O) groups is 2. The van der Waals surface area contributed by atoms with Crippen LogP contribution in [0.4, 0.5) is 0 Å². The maximum Gasteiger partial charge on any atom is 0.377 e. The molecule has 0 saturated carbocycles. The molecule has 7 heteroatoms. The molecule has 0 aliphatic rings. The number of Topliss-reactive ketones (excluding diaryl/α,β-unsaturated/α-hetero) is 1. The number of halogens is 2. The number of fused-ring (bicyclic) bond motifs is 2. The van der Waals surface area contributed by atoms with Crippen molar-refractivity contribution < 1.29 is 14.7 Å². The molecule has 126 valence electrons. The summed E-state index contributed by atoms with van der Waals surface area (Å²) in [6.07, 6.45) is 3.35. The number of aliphatic carboxylic acids is 1. The van der Waals surface area contributed by atoms with Gasteiger partial charge in [0.05, 0.1) is 5.56 Å². The minimum absolute atomic E-state index is 0.185. The largest absolute Gasteiger partial charge is 0.475 e. The second kappa shape index (κ2) is 7.25. The maximum absolute atomic E-state index is 11.3. The molecule has 0 saturated heterocycles. The van der Waals surface area contributed by atoms with E-state index in [-0.39, 0.29) is 5.56 Å². The van der Waals surface area contributed by atoms with E-state index >= 15 is 0 Å². The van der Waals surface area contributed by atoms with Gasteiger partial charge in [-0.3, -0.25) is 4.79 Å². The summed E-state index contributed by atoms with van der Waals surface area (Å²) in [6.45, 7) is 0. The zero-order chi connectivity index (χ0) is 18.0. The van der Waals surface area contributed by atoms with E-state index in [1.165, 1.54) is 17.1 Å². The smallest absolute Gasteiger partial charge is 0.377 e. The molecule has 2 aromatic heterocycles. The Kier molecular flexibility index (Phi) is 5.06. The molecule has 25 heavy (non-hydrogen) atoms. The Balaban J connectivity index is 0.000000157. The van der Waals surface area contributed by atoms with Gasteiger partial charge in [-0.1, -0.05) is 44.0 Å². The summed E-state index contributed by atoms with van der Waals surface area (Å²) in [6, 6.07) is 13.5. The van der Waals surface area contributed by atoms with Crippen LogP contribution in [0.5, 0.6) is 0 Å². The molecule has 0 fully saturated rings. The third-order valence-corrected chi connectivity index (χ3v) is 4.59. The molecule has 5 nitrogen and oxygen atoms in total. The number of rotatable bonds is 2. The van der Waals surface area contributed by atoms with Gasteiger partial charge >= 0.3 is 5.97 Å². The molecule has 0 unspecified atom stereocenters. The van der Waals surface area contributed by atoms with Crippen molar-refractivity contribution in [2.45, 2.75) is 0 Å². The van der Waals surface area contributed by atoms with Crippen LogP contribution in [0.2, 0.25) is 0 Å². The quantitative estimate of drug-likeness (QED) is 0.284. The number of H-pyrrole nitrogens is 2. The van der Waals surface area contributed by atoms with Gasteiger partial charge in [-0.2, -0.15) is 0 Å². The van der Waals surface area contributed by atoms with Gasteiger partial charge in [0.25, 0.3) is 5.78 Å². The highest BCUT2D eigenvalue weighted by atomic mass is 79.9. The monoisotopic (exact) mass is 462 g/mol. The van der Waals surface area contributed by atoms with E-state index < -0.39 is 11.8 Å². The number of hydrogen-bond acceptors (Lipinski definition) is 2. The first kappa shape index (κ1) is 17.4. The molecule has 4 rings (SSSR count). The van der Waals surface area contributed by atoms with Gasteiger partial charge in [-0.15, -0.1) is 0 Å². The predicted molar refractivity (Wildman–Crippen MR) is 104 cm³/mol. The number of carbonyl (C=O) groups excluding carboxylic acids is 1. The van der Waals surface area contributed by atoms with Gasteiger partial charge in [0.2, 0.25) is 0 Å². The van der Waals surface area contributed by atoms with E-state index in [9.17, 15) is 9.59 Å². The van der Waals surface area contributed by atoms with Crippen LogP contribution in [0.1, 0.15) is 10.4 Å². The average Bonchev–Trinajstić information content (AvgIpc) is 3.20. The van der Waals surface area contributed by atoms with Gasteiger partial charge in [-0.25, -0.2) is 4.79 Å². The average molecular weight is 464 g/mol. The van der Waals surface area contributed by atoms with E-state index in [0.29, 0.717) is 5.39 Å². The number of benzene rings is 2. The molecule has 3 N–H and O–H groups in total. The molecule has 0 spiro atoms. The Labute approximate surface area is 159 Å². The SMILES string of the molecule is Brc1ccc2cc[nH]c2c1.O=C(O)C(=O)c1c[nH]c2cc(Br)ccc12. The summed E-state index contributed by atoms with van der Waals surface area (Å²) in [4.78, 5) is 27.8. The minimum Gasteiger partial charge on any atom is -0.475 e. The molecule has 0 atom stereocenters. The first-order chi connectivity index (χ1) is 12.0. The molecule has 4 aromatic rings. The topological polar surface area (TPSA) is 85.9 Å². The molecular formula is C18H12Br2N2O3. The van der Waals surface area contributed by atoms with Crippen molar-refractivity contribution in [1.82, 2.24) is 9.97 Å². The first-order valence-corrected chi connectivity index (χ1v) is 8.81. The summed E-state index contributed by atoms with van der Waals surface area (Å²) in [5.41, 5.74) is 2.09. The molecule has 0 bridgehead atoms. The highest BCUT2D eigenvalue weighted by Gasteiger charge is 2.18. The molecule has 0 aliphatic carbocycles. The molecule has 0 radical (unpaired) electrons. The van der Waals surface area contributed by atoms with Crippen molar-refractivity contribution in [2.75, 3.05) is 0 Å². The van der Waals surface area contributed by atoms with Crippen molar-refractivity contribution in [3.63, 3.8) is 0 Å². The lowest BCUT2D eigenvalue weighted by atomic mass is 10.1. The van der Waals surface area contributed by atoms with Gasteiger partial charge in [0.1, 0.15) is 0 Å². The molecule has 0 aliphatic heterocycles. The van der Waals surface area contributed by atoms with Crippen LogP contribution in [0, 0.1) is 0 Å². The van der Waals surface area contributed by atoms with E-state index in [2.05, 4.69) is 60.0 Å². The van der Waals surface area contributed by atoms with E-state index in [1.807, 2.05) is 12.3 Å². The molecular weight excluding hydrogens is 452 g/mol. The van der Waals surface area contributed by atoms with Crippen LogP contribution >= 0.6 is 31.9 Å². The number of carboxylic acids is 1. The summed E-state index contributed by atoms with van der Waals surface area (Å²) in [5.74, 6) is -2.35. The maximum atomic E-state index is 11.3. The first-order valence-electron chi connectivity index (χ1n) is 7.22. The van der Waals surface area contributed by atoms with Crippen LogP contribution in [-0.4, -0.2) is 26.8 Å². The summed E-state index contributed by atoms with van der Waals surface area (Å²) in [5, 5.41) is 10.5. The lowest BCUT2D eigenvalue weighted by molar-refractivity contribution is -0.131. The molecule has 2 heterocycles. The van der Waals surface area contributed by atoms with Crippen molar-refractivity contribution in [3.8, 4) is 0 Å². The predicted octanol–water partition coefficient (Wildman–Crippen LogP) is 5.13. The van der Waals surface area contributed by atoms with Crippen LogP contribution in [-0.2, 0) is 4.79 Å². The fraction of sp³-hybridized carbons (Fsp3) is 0. The number of hydrogen-bond donors (Lipinski definition) is 3. The fourth-order valence-corrected chi connectivity index (χ4v) is 3.14. The highest BCUT2D eigenvalue weighted by molar-refractivity contribution is 9.10. The summed E-state index contributed by atoms with van der Waals surface area (Å²) < 4.78 is 1.98. The van der Waals surface area contributed by atoms with E-state index in [0.717, 1.165) is 14.5 Å². The Morgan fingerprint density at radius 1 is 0.880 bits per heavy atom. The van der Waals surface area contributed by atoms with Gasteiger partial charge in [0, 0.05) is 37.8 Å². The van der Waals surface area contributed by atoms with Crippen LogP contribution in [0.3, 0.4) is 0 Å². The Morgan fingerprint density at radius 2 is 1.56 bits per heavy atom. The van der Waals surface area contributed by atoms with Gasteiger partial charge < -0.3 is 15.1 Å². The van der Waals surface area contributed by atoms with Gasteiger partial charge in [0.15, 0.2) is 0 Å². The number of nitrogens with one attached hydrogen (secondary N) is 2. The van der Waals surface area contributed by atoms with Crippen LogP contribution in [0.15, 0.2) is 63.8 Å². The zero-order valence-electron chi connectivity index (χ0n) is 12.7. The standard InChI is InChI=1S/C10H6BrNO3.C8H6BrN/c11-5-1-2-6-7(9(13)10(14)15)4-12-8(6)3-5;9-7-2-1-6-3-4-10-8(6)5-7/h1-4,12H,(H,14,15);1-5,10H. The number of ketones is 1. The Bertz CT molecular complexity index is 1080.